The predicted molar refractivity (Wildman–Crippen MR) is 92.4 cm³/mol. The lowest BCUT2D eigenvalue weighted by Crippen LogP contribution is -2.39. The van der Waals surface area contributed by atoms with Gasteiger partial charge in [-0.3, -0.25) is 9.59 Å². The smallest absolute Gasteiger partial charge is 0.223 e. The second-order valence-corrected chi connectivity index (χ2v) is 8.47. The molecule has 0 saturated carbocycles. The second-order valence-electron chi connectivity index (χ2n) is 6.36. The Morgan fingerprint density at radius 2 is 1.92 bits per heavy atom. The number of anilines is 1. The molecule has 6 nitrogen and oxygen atoms in total. The van der Waals surface area contributed by atoms with Crippen LogP contribution in [0.25, 0.3) is 0 Å². The topological polar surface area (TPSA) is 83.5 Å². The fourth-order valence-electron chi connectivity index (χ4n) is 2.86. The van der Waals surface area contributed by atoms with Gasteiger partial charge in [-0.15, -0.1) is 0 Å². The molecule has 2 amide bonds. The summed E-state index contributed by atoms with van der Waals surface area (Å²) in [6, 6.07) is 5.99. The van der Waals surface area contributed by atoms with E-state index < -0.39 is 9.84 Å². The molecule has 1 aliphatic rings. The Kier molecular flexibility index (Phi) is 5.99. The molecule has 0 aromatic heterocycles. The van der Waals surface area contributed by atoms with Crippen molar-refractivity contribution in [3.63, 3.8) is 0 Å². The first-order valence-corrected chi connectivity index (χ1v) is 9.81. The van der Waals surface area contributed by atoms with Gasteiger partial charge in [-0.25, -0.2) is 8.42 Å². The van der Waals surface area contributed by atoms with Crippen LogP contribution in [0.5, 0.6) is 0 Å². The predicted octanol–water partition coefficient (Wildman–Crippen LogP) is 2.07. The number of amides is 2. The van der Waals surface area contributed by atoms with Crippen LogP contribution in [0.4, 0.5) is 5.69 Å². The van der Waals surface area contributed by atoms with Crippen molar-refractivity contribution in [3.05, 3.63) is 24.3 Å². The molecular formula is C17H24N2O4S. The van der Waals surface area contributed by atoms with Crippen molar-refractivity contribution < 1.29 is 18.0 Å². The van der Waals surface area contributed by atoms with Gasteiger partial charge in [-0.2, -0.15) is 0 Å². The van der Waals surface area contributed by atoms with Crippen LogP contribution in [-0.4, -0.2) is 44.0 Å². The first-order chi connectivity index (χ1) is 11.3. The van der Waals surface area contributed by atoms with Crippen molar-refractivity contribution in [2.45, 2.75) is 38.0 Å². The maximum atomic E-state index is 12.4. The van der Waals surface area contributed by atoms with Crippen molar-refractivity contribution in [1.29, 1.82) is 0 Å². The fourth-order valence-corrected chi connectivity index (χ4v) is 4.09. The summed E-state index contributed by atoms with van der Waals surface area (Å²) in [5.41, 5.74) is 0.542. The van der Waals surface area contributed by atoms with Gasteiger partial charge in [-0.1, -0.05) is 6.92 Å². The Hall–Kier alpha value is -1.89. The zero-order valence-electron chi connectivity index (χ0n) is 14.1. The number of likely N-dealkylation sites (tertiary alicyclic amines) is 1. The molecule has 7 heteroatoms. The molecule has 1 saturated heterocycles. The van der Waals surface area contributed by atoms with E-state index in [2.05, 4.69) is 12.2 Å². The molecule has 1 atom stereocenters. The Morgan fingerprint density at radius 3 is 2.50 bits per heavy atom. The van der Waals surface area contributed by atoms with Crippen LogP contribution in [-0.2, 0) is 19.4 Å². The summed E-state index contributed by atoms with van der Waals surface area (Å²) in [6.45, 7) is 4.92. The SMILES string of the molecule is CC(=O)Nc1ccc(S(=O)(=O)CCC(=O)N2CCCC(C)C2)cc1. The second kappa shape index (κ2) is 7.79. The van der Waals surface area contributed by atoms with Gasteiger partial charge in [0.25, 0.3) is 0 Å². The number of nitrogens with zero attached hydrogens (tertiary/aromatic N) is 1. The van der Waals surface area contributed by atoms with Gasteiger partial charge >= 0.3 is 0 Å². The summed E-state index contributed by atoms with van der Waals surface area (Å²) in [5.74, 6) is -0.0384. The van der Waals surface area contributed by atoms with E-state index in [9.17, 15) is 18.0 Å². The minimum atomic E-state index is -3.51. The molecule has 0 bridgehead atoms. The summed E-state index contributed by atoms with van der Waals surface area (Å²) in [6.07, 6.45) is 2.09. The molecule has 24 heavy (non-hydrogen) atoms. The van der Waals surface area contributed by atoms with Crippen LogP contribution in [0.2, 0.25) is 0 Å². The molecule has 1 unspecified atom stereocenters. The number of rotatable bonds is 5. The van der Waals surface area contributed by atoms with Crippen molar-refractivity contribution >= 4 is 27.3 Å². The number of piperidine rings is 1. The van der Waals surface area contributed by atoms with Gasteiger partial charge in [0.1, 0.15) is 0 Å². The van der Waals surface area contributed by atoms with E-state index in [4.69, 9.17) is 0 Å². The molecule has 0 aliphatic carbocycles. The quantitative estimate of drug-likeness (QED) is 0.879. The molecule has 0 spiro atoms. The molecular weight excluding hydrogens is 328 g/mol. The molecule has 1 N–H and O–H groups in total. The number of nitrogens with one attached hydrogen (secondary N) is 1. The van der Waals surface area contributed by atoms with E-state index in [1.165, 1.54) is 19.1 Å². The third-order valence-corrected chi connectivity index (χ3v) is 5.86. The lowest BCUT2D eigenvalue weighted by Gasteiger charge is -2.31. The minimum Gasteiger partial charge on any atom is -0.342 e. The van der Waals surface area contributed by atoms with E-state index >= 15 is 0 Å². The average molecular weight is 352 g/mol. The number of hydrogen-bond donors (Lipinski definition) is 1. The summed E-state index contributed by atoms with van der Waals surface area (Å²) in [7, 11) is -3.51. The maximum absolute atomic E-state index is 12.4. The standard InChI is InChI=1S/C17H24N2O4S/c1-13-4-3-10-19(12-13)17(21)9-11-24(22,23)16-7-5-15(6-8-16)18-14(2)20/h5-8,13H,3-4,9-12H2,1-2H3,(H,18,20). The zero-order valence-corrected chi connectivity index (χ0v) is 14.9. The minimum absolute atomic E-state index is 0.00248. The largest absolute Gasteiger partial charge is 0.342 e. The lowest BCUT2D eigenvalue weighted by atomic mass is 10.0. The monoisotopic (exact) mass is 352 g/mol. The number of sulfone groups is 1. The third kappa shape index (κ3) is 5.06. The van der Waals surface area contributed by atoms with Gasteiger partial charge in [-0.05, 0) is 43.0 Å². The average Bonchev–Trinajstić information content (AvgIpc) is 2.52. The maximum Gasteiger partial charge on any atom is 0.223 e. The summed E-state index contributed by atoms with van der Waals surface area (Å²) >= 11 is 0. The van der Waals surface area contributed by atoms with Crippen LogP contribution in [0.15, 0.2) is 29.2 Å². The molecule has 1 aromatic carbocycles. The van der Waals surface area contributed by atoms with Crippen molar-refractivity contribution in [3.8, 4) is 0 Å². The summed E-state index contributed by atoms with van der Waals surface area (Å²) < 4.78 is 24.7. The van der Waals surface area contributed by atoms with Crippen LogP contribution in [0.3, 0.4) is 0 Å². The highest BCUT2D eigenvalue weighted by Crippen LogP contribution is 2.19. The lowest BCUT2D eigenvalue weighted by molar-refractivity contribution is -0.132. The van der Waals surface area contributed by atoms with Crippen LogP contribution >= 0.6 is 0 Å². The van der Waals surface area contributed by atoms with Gasteiger partial charge in [0, 0.05) is 32.1 Å². The molecule has 1 aromatic rings. The Balaban J connectivity index is 1.95. The molecule has 132 valence electrons. The first-order valence-electron chi connectivity index (χ1n) is 8.16. The third-order valence-electron chi connectivity index (χ3n) is 4.13. The van der Waals surface area contributed by atoms with Gasteiger partial charge < -0.3 is 10.2 Å². The number of carbonyl (C=O) groups excluding carboxylic acids is 2. The fraction of sp³-hybridized carbons (Fsp3) is 0.529. The summed E-state index contributed by atoms with van der Waals surface area (Å²) in [4.78, 5) is 25.1. The Labute approximate surface area is 143 Å². The first kappa shape index (κ1) is 18.4. The molecule has 0 radical (unpaired) electrons. The highest BCUT2D eigenvalue weighted by Gasteiger charge is 2.23. The highest BCUT2D eigenvalue weighted by atomic mass is 32.2. The number of hydrogen-bond acceptors (Lipinski definition) is 4. The van der Waals surface area contributed by atoms with Gasteiger partial charge in [0.05, 0.1) is 10.6 Å². The van der Waals surface area contributed by atoms with Gasteiger partial charge in [0.15, 0.2) is 9.84 Å². The van der Waals surface area contributed by atoms with E-state index in [-0.39, 0.29) is 28.9 Å². The summed E-state index contributed by atoms with van der Waals surface area (Å²) in [5, 5.41) is 2.59. The van der Waals surface area contributed by atoms with Crippen LogP contribution < -0.4 is 5.32 Å². The van der Waals surface area contributed by atoms with E-state index in [1.807, 2.05) is 0 Å². The Morgan fingerprint density at radius 1 is 1.25 bits per heavy atom. The van der Waals surface area contributed by atoms with Crippen molar-refractivity contribution in [1.82, 2.24) is 4.90 Å². The zero-order chi connectivity index (χ0) is 17.7. The van der Waals surface area contributed by atoms with E-state index in [0.717, 1.165) is 12.8 Å². The number of carbonyl (C=O) groups is 2. The highest BCUT2D eigenvalue weighted by molar-refractivity contribution is 7.91. The number of benzene rings is 1. The molecule has 1 aliphatic heterocycles. The van der Waals surface area contributed by atoms with E-state index in [1.54, 1.807) is 17.0 Å². The molecule has 1 heterocycles. The van der Waals surface area contributed by atoms with E-state index in [0.29, 0.717) is 24.7 Å². The molecule has 1 fully saturated rings. The van der Waals surface area contributed by atoms with Crippen LogP contribution in [0.1, 0.15) is 33.1 Å². The molecule has 2 rings (SSSR count). The van der Waals surface area contributed by atoms with Gasteiger partial charge in [0.2, 0.25) is 11.8 Å². The normalized spacial score (nSPS) is 18.2. The van der Waals surface area contributed by atoms with Crippen LogP contribution in [0, 0.1) is 5.92 Å². The van der Waals surface area contributed by atoms with Crippen molar-refractivity contribution in [2.75, 3.05) is 24.2 Å². The Bertz CT molecular complexity index is 698. The van der Waals surface area contributed by atoms with Crippen molar-refractivity contribution in [2.24, 2.45) is 5.92 Å².